The van der Waals surface area contributed by atoms with Crippen LogP contribution in [-0.2, 0) is 11.3 Å². The molecule has 0 radical (unpaired) electrons. The van der Waals surface area contributed by atoms with Crippen molar-refractivity contribution >= 4 is 23.6 Å². The van der Waals surface area contributed by atoms with Gasteiger partial charge in [0.2, 0.25) is 5.96 Å². The Morgan fingerprint density at radius 2 is 1.75 bits per heavy atom. The van der Waals surface area contributed by atoms with Crippen molar-refractivity contribution in [2.45, 2.75) is 25.7 Å². The van der Waals surface area contributed by atoms with Crippen LogP contribution >= 0.6 is 0 Å². The van der Waals surface area contributed by atoms with Gasteiger partial charge in [0.1, 0.15) is 11.6 Å². The van der Waals surface area contributed by atoms with E-state index >= 15 is 0 Å². The van der Waals surface area contributed by atoms with Crippen molar-refractivity contribution in [2.75, 3.05) is 19.1 Å². The number of methoxy groups -OCH3 is 1. The number of imide groups is 1. The molecule has 0 N–H and O–H groups in total. The fourth-order valence-corrected chi connectivity index (χ4v) is 4.32. The quantitative estimate of drug-likeness (QED) is 0.739. The number of halogens is 1. The molecule has 9 heteroatoms. The number of carbonyl (C=O) groups is 2. The van der Waals surface area contributed by atoms with E-state index in [0.717, 1.165) is 17.1 Å². The van der Waals surface area contributed by atoms with E-state index in [1.165, 1.54) is 21.9 Å². The Morgan fingerprint density at radius 1 is 1.06 bits per heavy atom. The van der Waals surface area contributed by atoms with Crippen molar-refractivity contribution in [3.63, 3.8) is 0 Å². The zero-order valence-corrected chi connectivity index (χ0v) is 17.9. The molecule has 32 heavy (non-hydrogen) atoms. The molecule has 3 aliphatic heterocycles. The van der Waals surface area contributed by atoms with Crippen LogP contribution < -0.4 is 9.64 Å². The van der Waals surface area contributed by atoms with E-state index in [1.807, 2.05) is 47.2 Å². The molecule has 1 fully saturated rings. The van der Waals surface area contributed by atoms with Crippen LogP contribution in [0.4, 0.5) is 14.9 Å². The number of ether oxygens (including phenoxy) is 1. The Balaban J connectivity index is 1.45. The van der Waals surface area contributed by atoms with Gasteiger partial charge in [-0.15, -0.1) is 0 Å². The molecular formula is C23H22FN5O3. The summed E-state index contributed by atoms with van der Waals surface area (Å²) in [5.41, 5.74) is 2.46. The SMILES string of the molecule is COc1ccc(N2C(C)=CN3C2=NC2C3C(=O)N(Cc3ccc(F)cc3)C(=O)N2C)cc1. The summed E-state index contributed by atoms with van der Waals surface area (Å²) in [5.74, 6) is 0.638. The summed E-state index contributed by atoms with van der Waals surface area (Å²) in [6.45, 7) is 2.01. The van der Waals surface area contributed by atoms with Crippen LogP contribution in [0.15, 0.2) is 65.4 Å². The number of carbonyl (C=O) groups excluding carboxylic acids is 2. The van der Waals surface area contributed by atoms with Crippen molar-refractivity contribution < 1.29 is 18.7 Å². The van der Waals surface area contributed by atoms with Crippen molar-refractivity contribution in [3.05, 3.63) is 71.8 Å². The highest BCUT2D eigenvalue weighted by Gasteiger charge is 2.54. The second kappa shape index (κ2) is 7.37. The number of guanidine groups is 1. The van der Waals surface area contributed by atoms with Gasteiger partial charge in [0.05, 0.1) is 13.7 Å². The molecule has 8 nitrogen and oxygen atoms in total. The van der Waals surface area contributed by atoms with Crippen LogP contribution in [0.3, 0.4) is 0 Å². The molecule has 3 heterocycles. The number of benzene rings is 2. The lowest BCUT2D eigenvalue weighted by Crippen LogP contribution is -2.63. The van der Waals surface area contributed by atoms with E-state index in [2.05, 4.69) is 0 Å². The maximum absolute atomic E-state index is 13.4. The van der Waals surface area contributed by atoms with Crippen LogP contribution in [-0.4, -0.2) is 59.0 Å². The molecule has 0 bridgehead atoms. The summed E-state index contributed by atoms with van der Waals surface area (Å²) in [7, 11) is 3.25. The zero-order chi connectivity index (χ0) is 22.6. The molecule has 2 atom stereocenters. The number of aliphatic imine (C=N–C) groups is 1. The predicted octanol–water partition coefficient (Wildman–Crippen LogP) is 2.98. The fraction of sp³-hybridized carbons (Fsp3) is 0.261. The molecule has 164 valence electrons. The number of hydrogen-bond acceptors (Lipinski definition) is 6. The summed E-state index contributed by atoms with van der Waals surface area (Å²) in [6, 6.07) is 12.2. The van der Waals surface area contributed by atoms with E-state index in [4.69, 9.17) is 9.73 Å². The van der Waals surface area contributed by atoms with Gasteiger partial charge in [-0.1, -0.05) is 12.1 Å². The third-order valence-electron chi connectivity index (χ3n) is 5.97. The summed E-state index contributed by atoms with van der Waals surface area (Å²) in [6.07, 6.45) is 1.25. The Bertz CT molecular complexity index is 1150. The van der Waals surface area contributed by atoms with E-state index in [1.54, 1.807) is 26.3 Å². The Morgan fingerprint density at radius 3 is 2.41 bits per heavy atom. The van der Waals surface area contributed by atoms with Gasteiger partial charge in [-0.3, -0.25) is 14.6 Å². The molecule has 2 aromatic rings. The van der Waals surface area contributed by atoms with Crippen LogP contribution in [0.1, 0.15) is 12.5 Å². The molecule has 3 amide bonds. The highest BCUT2D eigenvalue weighted by molar-refractivity contribution is 6.09. The van der Waals surface area contributed by atoms with Crippen molar-refractivity contribution in [1.29, 1.82) is 0 Å². The average Bonchev–Trinajstić information content (AvgIpc) is 3.31. The molecule has 0 saturated carbocycles. The second-order valence-corrected chi connectivity index (χ2v) is 7.94. The minimum absolute atomic E-state index is 0.0690. The molecule has 1 saturated heterocycles. The van der Waals surface area contributed by atoms with Crippen molar-refractivity contribution in [1.82, 2.24) is 14.7 Å². The highest BCUT2D eigenvalue weighted by Crippen LogP contribution is 2.37. The first-order valence-electron chi connectivity index (χ1n) is 10.2. The summed E-state index contributed by atoms with van der Waals surface area (Å²) < 4.78 is 18.5. The van der Waals surface area contributed by atoms with E-state index in [0.29, 0.717) is 11.5 Å². The Labute approximate surface area is 184 Å². The number of urea groups is 1. The highest BCUT2D eigenvalue weighted by atomic mass is 19.1. The lowest BCUT2D eigenvalue weighted by atomic mass is 10.1. The van der Waals surface area contributed by atoms with Gasteiger partial charge in [0, 0.05) is 24.6 Å². The number of hydrogen-bond donors (Lipinski definition) is 0. The summed E-state index contributed by atoms with van der Waals surface area (Å²) >= 11 is 0. The maximum atomic E-state index is 13.4. The van der Waals surface area contributed by atoms with Crippen LogP contribution in [0.2, 0.25) is 0 Å². The van der Waals surface area contributed by atoms with E-state index in [9.17, 15) is 14.0 Å². The smallest absolute Gasteiger partial charge is 0.328 e. The topological polar surface area (TPSA) is 68.7 Å². The number of amides is 3. The minimum atomic E-state index is -0.661. The van der Waals surface area contributed by atoms with Crippen molar-refractivity contribution in [2.24, 2.45) is 4.99 Å². The monoisotopic (exact) mass is 435 g/mol. The van der Waals surface area contributed by atoms with Gasteiger partial charge in [-0.25, -0.2) is 14.2 Å². The first-order chi connectivity index (χ1) is 15.4. The first kappa shape index (κ1) is 20.0. The predicted molar refractivity (Wildman–Crippen MR) is 116 cm³/mol. The number of anilines is 1. The third kappa shape index (κ3) is 3.00. The van der Waals surface area contributed by atoms with E-state index in [-0.39, 0.29) is 18.3 Å². The zero-order valence-electron chi connectivity index (χ0n) is 17.9. The number of nitrogens with zero attached hydrogens (tertiary/aromatic N) is 5. The van der Waals surface area contributed by atoms with Crippen molar-refractivity contribution in [3.8, 4) is 5.75 Å². The molecule has 0 aliphatic carbocycles. The Kier molecular flexibility index (Phi) is 4.61. The molecule has 3 aliphatic rings. The van der Waals surface area contributed by atoms with Gasteiger partial charge in [0.25, 0.3) is 5.91 Å². The van der Waals surface area contributed by atoms with Gasteiger partial charge in [-0.2, -0.15) is 0 Å². The maximum Gasteiger partial charge on any atom is 0.328 e. The fourth-order valence-electron chi connectivity index (χ4n) is 4.32. The van der Waals surface area contributed by atoms with E-state index < -0.39 is 18.2 Å². The number of rotatable bonds is 4. The van der Waals surface area contributed by atoms with Gasteiger partial charge < -0.3 is 14.5 Å². The lowest BCUT2D eigenvalue weighted by molar-refractivity contribution is -0.137. The van der Waals surface area contributed by atoms with Crippen LogP contribution in [0.25, 0.3) is 0 Å². The molecule has 0 aromatic heterocycles. The number of likely N-dealkylation sites (N-methyl/N-ethyl adjacent to an activating group) is 1. The molecular weight excluding hydrogens is 413 g/mol. The largest absolute Gasteiger partial charge is 0.497 e. The van der Waals surface area contributed by atoms with Crippen LogP contribution in [0.5, 0.6) is 5.75 Å². The van der Waals surface area contributed by atoms with Gasteiger partial charge in [0.15, 0.2) is 12.2 Å². The minimum Gasteiger partial charge on any atom is -0.497 e. The molecule has 5 rings (SSSR count). The first-order valence-corrected chi connectivity index (χ1v) is 10.2. The molecule has 0 spiro atoms. The number of allylic oxidation sites excluding steroid dienone is 1. The molecule has 2 unspecified atom stereocenters. The standard InChI is InChI=1S/C23H22FN5O3/c1-14-12-27-19-20(25-22(27)29(14)17-8-10-18(32-3)11-9-17)26(2)23(31)28(21(19)30)13-15-4-6-16(24)7-5-15/h4-12,19-20H,13H2,1-3H3. The summed E-state index contributed by atoms with van der Waals surface area (Å²) in [4.78, 5) is 37.6. The number of fused-ring (bicyclic) bond motifs is 3. The lowest BCUT2D eigenvalue weighted by Gasteiger charge is -2.40. The molecule has 2 aromatic carbocycles. The Hall–Kier alpha value is -3.88. The van der Waals surface area contributed by atoms with Gasteiger partial charge >= 0.3 is 6.03 Å². The normalized spacial score (nSPS) is 22.1. The van der Waals surface area contributed by atoms with Crippen LogP contribution in [0, 0.1) is 5.82 Å². The summed E-state index contributed by atoms with van der Waals surface area (Å²) in [5, 5.41) is 0. The second-order valence-electron chi connectivity index (χ2n) is 7.94. The van der Waals surface area contributed by atoms with Gasteiger partial charge in [-0.05, 0) is 48.9 Å². The third-order valence-corrected chi connectivity index (χ3v) is 5.97. The average molecular weight is 435 g/mol.